The summed E-state index contributed by atoms with van der Waals surface area (Å²) >= 11 is 0. The maximum absolute atomic E-state index is 13.2. The molecule has 3 heterocycles. The van der Waals surface area contributed by atoms with Crippen LogP contribution in [0.15, 0.2) is 66.9 Å². The summed E-state index contributed by atoms with van der Waals surface area (Å²) < 4.78 is 10.9. The van der Waals surface area contributed by atoms with Gasteiger partial charge in [-0.2, -0.15) is 0 Å². The number of carbonyl (C=O) groups is 1. The fourth-order valence-electron chi connectivity index (χ4n) is 4.08. The molecule has 0 radical (unpaired) electrons. The third kappa shape index (κ3) is 2.72. The van der Waals surface area contributed by atoms with Crippen LogP contribution in [0.2, 0.25) is 0 Å². The topological polar surface area (TPSA) is 76.2 Å². The number of hydrogen-bond donors (Lipinski definition) is 2. The summed E-state index contributed by atoms with van der Waals surface area (Å²) in [4.78, 5) is 21.0. The molecule has 2 aromatic heterocycles. The molecule has 30 heavy (non-hydrogen) atoms. The van der Waals surface area contributed by atoms with Crippen LogP contribution in [0.3, 0.4) is 0 Å². The van der Waals surface area contributed by atoms with Crippen LogP contribution in [-0.2, 0) is 10.2 Å². The molecule has 6 nitrogen and oxygen atoms in total. The normalized spacial score (nSPS) is 15.9. The van der Waals surface area contributed by atoms with Gasteiger partial charge in [0.05, 0.1) is 11.1 Å². The molecular formula is C24H19N3O3. The van der Waals surface area contributed by atoms with Gasteiger partial charge in [-0.25, -0.2) is 4.98 Å². The van der Waals surface area contributed by atoms with E-state index in [1.54, 1.807) is 0 Å². The van der Waals surface area contributed by atoms with E-state index in [-0.39, 0.29) is 12.7 Å². The van der Waals surface area contributed by atoms with E-state index in [9.17, 15) is 4.79 Å². The molecule has 1 fully saturated rings. The van der Waals surface area contributed by atoms with Crippen molar-refractivity contribution in [2.75, 3.05) is 12.1 Å². The highest BCUT2D eigenvalue weighted by Crippen LogP contribution is 2.51. The minimum atomic E-state index is -0.525. The van der Waals surface area contributed by atoms with Gasteiger partial charge in [-0.1, -0.05) is 18.2 Å². The highest BCUT2D eigenvalue weighted by atomic mass is 16.7. The van der Waals surface area contributed by atoms with Gasteiger partial charge in [0.2, 0.25) is 12.7 Å². The monoisotopic (exact) mass is 397 g/mol. The number of fused-ring (bicyclic) bond motifs is 2. The maximum Gasteiger partial charge on any atom is 0.236 e. The first-order valence-electron chi connectivity index (χ1n) is 9.97. The number of carbonyl (C=O) groups excluding carboxylic acids is 1. The zero-order valence-electron chi connectivity index (χ0n) is 16.1. The molecule has 0 atom stereocenters. The molecule has 4 aromatic rings. The van der Waals surface area contributed by atoms with Crippen molar-refractivity contribution in [3.05, 3.63) is 72.4 Å². The fraction of sp³-hybridized carbons (Fsp3) is 0.167. The van der Waals surface area contributed by atoms with Crippen molar-refractivity contribution in [1.29, 1.82) is 0 Å². The lowest BCUT2D eigenvalue weighted by molar-refractivity contribution is -0.118. The van der Waals surface area contributed by atoms with Gasteiger partial charge in [-0.3, -0.25) is 4.79 Å². The Labute approximate surface area is 172 Å². The molecule has 1 amide bonds. The lowest BCUT2D eigenvalue weighted by Gasteiger charge is -2.16. The van der Waals surface area contributed by atoms with Crippen LogP contribution in [0.5, 0.6) is 11.5 Å². The van der Waals surface area contributed by atoms with Crippen LogP contribution in [0.4, 0.5) is 5.82 Å². The number of aromatic amines is 1. The maximum atomic E-state index is 13.2. The molecule has 0 spiro atoms. The van der Waals surface area contributed by atoms with Gasteiger partial charge in [0, 0.05) is 22.7 Å². The summed E-state index contributed by atoms with van der Waals surface area (Å²) in [7, 11) is 0. The molecule has 6 heteroatoms. The van der Waals surface area contributed by atoms with Crippen molar-refractivity contribution >= 4 is 22.6 Å². The molecule has 1 aliphatic carbocycles. The highest BCUT2D eigenvalue weighted by molar-refractivity contribution is 6.01. The molecule has 148 valence electrons. The van der Waals surface area contributed by atoms with Crippen LogP contribution >= 0.6 is 0 Å². The number of H-pyrrole nitrogens is 1. The number of pyridine rings is 1. The second-order valence-electron chi connectivity index (χ2n) is 7.79. The van der Waals surface area contributed by atoms with E-state index in [0.29, 0.717) is 11.6 Å². The Morgan fingerprint density at radius 2 is 1.90 bits per heavy atom. The summed E-state index contributed by atoms with van der Waals surface area (Å²) in [5.74, 6) is 1.95. The van der Waals surface area contributed by atoms with Gasteiger partial charge in [-0.05, 0) is 60.9 Å². The van der Waals surface area contributed by atoms with Crippen molar-refractivity contribution in [3.63, 3.8) is 0 Å². The number of amides is 1. The van der Waals surface area contributed by atoms with E-state index < -0.39 is 5.41 Å². The number of rotatable bonds is 4. The van der Waals surface area contributed by atoms with Crippen molar-refractivity contribution in [3.8, 4) is 22.8 Å². The third-order valence-electron chi connectivity index (χ3n) is 5.95. The van der Waals surface area contributed by atoms with E-state index >= 15 is 0 Å². The molecule has 1 aliphatic heterocycles. The lowest BCUT2D eigenvalue weighted by atomic mass is 9.94. The van der Waals surface area contributed by atoms with Gasteiger partial charge in [0.1, 0.15) is 5.82 Å². The number of aromatic nitrogens is 2. The average molecular weight is 397 g/mol. The molecule has 2 N–H and O–H groups in total. The van der Waals surface area contributed by atoms with Crippen LogP contribution in [0, 0.1) is 0 Å². The number of anilines is 1. The molecule has 1 saturated carbocycles. The number of ether oxygens (including phenoxy) is 2. The third-order valence-corrected chi connectivity index (χ3v) is 5.95. The Balaban J connectivity index is 1.27. The molecule has 2 aromatic carbocycles. The minimum Gasteiger partial charge on any atom is -0.454 e. The SMILES string of the molecule is O=C(Nc1cccc(-c2ccc3[nH]ccc3c2)n1)C1(c2ccc3c(c2)OCO3)CC1. The van der Waals surface area contributed by atoms with E-state index in [4.69, 9.17) is 9.47 Å². The van der Waals surface area contributed by atoms with Crippen LogP contribution in [0.25, 0.3) is 22.2 Å². The lowest BCUT2D eigenvalue weighted by Crippen LogP contribution is -2.28. The van der Waals surface area contributed by atoms with Crippen molar-refractivity contribution in [2.45, 2.75) is 18.3 Å². The van der Waals surface area contributed by atoms with Crippen LogP contribution in [-0.4, -0.2) is 22.7 Å². The Morgan fingerprint density at radius 3 is 2.80 bits per heavy atom. The van der Waals surface area contributed by atoms with E-state index in [2.05, 4.69) is 21.4 Å². The first kappa shape index (κ1) is 17.1. The van der Waals surface area contributed by atoms with Gasteiger partial charge >= 0.3 is 0 Å². The molecule has 6 rings (SSSR count). The first-order chi connectivity index (χ1) is 14.7. The Morgan fingerprint density at radius 1 is 1.00 bits per heavy atom. The Bertz CT molecular complexity index is 1290. The predicted molar refractivity (Wildman–Crippen MR) is 114 cm³/mol. The van der Waals surface area contributed by atoms with Gasteiger partial charge < -0.3 is 19.8 Å². The zero-order chi connectivity index (χ0) is 20.1. The molecule has 0 bridgehead atoms. The standard InChI is InChI=1S/C24H19N3O3/c28-23(24(9-10-24)17-5-7-20-21(13-17)30-14-29-20)27-22-3-1-2-19(26-22)15-4-6-18-16(12-15)8-11-25-18/h1-8,11-13,25H,9-10,14H2,(H,26,27,28). The van der Waals surface area contributed by atoms with Gasteiger partial charge in [0.25, 0.3) is 0 Å². The number of nitrogens with one attached hydrogen (secondary N) is 2. The Hall–Kier alpha value is -3.80. The minimum absolute atomic E-state index is 0.0351. The Kier molecular flexibility index (Phi) is 3.62. The average Bonchev–Trinajstić information content (AvgIpc) is 3.23. The van der Waals surface area contributed by atoms with Gasteiger partial charge in [0.15, 0.2) is 11.5 Å². The highest BCUT2D eigenvalue weighted by Gasteiger charge is 2.51. The smallest absolute Gasteiger partial charge is 0.236 e. The molecule has 2 aliphatic rings. The van der Waals surface area contributed by atoms with Crippen LogP contribution in [0.1, 0.15) is 18.4 Å². The van der Waals surface area contributed by atoms with Crippen LogP contribution < -0.4 is 14.8 Å². The summed E-state index contributed by atoms with van der Waals surface area (Å²) in [6.45, 7) is 0.225. The summed E-state index contributed by atoms with van der Waals surface area (Å²) in [5, 5.41) is 4.15. The van der Waals surface area contributed by atoms with Crippen molar-refractivity contribution in [2.24, 2.45) is 0 Å². The summed E-state index contributed by atoms with van der Waals surface area (Å²) in [5.41, 5.74) is 3.35. The summed E-state index contributed by atoms with van der Waals surface area (Å²) in [6, 6.07) is 19.6. The number of hydrogen-bond acceptors (Lipinski definition) is 4. The van der Waals surface area contributed by atoms with Gasteiger partial charge in [-0.15, -0.1) is 0 Å². The number of nitrogens with zero attached hydrogens (tertiary/aromatic N) is 1. The zero-order valence-corrected chi connectivity index (χ0v) is 16.1. The van der Waals surface area contributed by atoms with E-state index in [1.165, 1.54) is 0 Å². The largest absolute Gasteiger partial charge is 0.454 e. The fourth-order valence-corrected chi connectivity index (χ4v) is 4.08. The van der Waals surface area contributed by atoms with E-state index in [0.717, 1.165) is 46.3 Å². The van der Waals surface area contributed by atoms with Crippen molar-refractivity contribution in [1.82, 2.24) is 9.97 Å². The van der Waals surface area contributed by atoms with Crippen molar-refractivity contribution < 1.29 is 14.3 Å². The first-order valence-corrected chi connectivity index (χ1v) is 9.97. The second kappa shape index (κ2) is 6.35. The molecular weight excluding hydrogens is 378 g/mol. The number of benzene rings is 2. The second-order valence-corrected chi connectivity index (χ2v) is 7.79. The van der Waals surface area contributed by atoms with E-state index in [1.807, 2.05) is 60.8 Å². The summed E-state index contributed by atoms with van der Waals surface area (Å²) in [6.07, 6.45) is 3.54. The quantitative estimate of drug-likeness (QED) is 0.526. The molecule has 0 saturated heterocycles. The molecule has 0 unspecified atom stereocenters. The predicted octanol–water partition coefficient (Wildman–Crippen LogP) is 4.63.